The van der Waals surface area contributed by atoms with Crippen LogP contribution in [-0.4, -0.2) is 38.6 Å². The second kappa shape index (κ2) is 6.20. The molecule has 1 saturated heterocycles. The number of carbonyl (C=O) groups is 1. The van der Waals surface area contributed by atoms with E-state index in [1.165, 1.54) is 0 Å². The summed E-state index contributed by atoms with van der Waals surface area (Å²) in [4.78, 5) is 14.2. The molecule has 2 rings (SSSR count). The number of carbonyl (C=O) groups excluding carboxylic acids is 1. The molecule has 1 fully saturated rings. The van der Waals surface area contributed by atoms with Crippen molar-refractivity contribution in [3.63, 3.8) is 0 Å². The van der Waals surface area contributed by atoms with Gasteiger partial charge in [-0.05, 0) is 37.7 Å². The average molecular weight is 312 g/mol. The van der Waals surface area contributed by atoms with Gasteiger partial charge in [-0.25, -0.2) is 0 Å². The Morgan fingerprint density at radius 2 is 2.17 bits per heavy atom. The van der Waals surface area contributed by atoms with Gasteiger partial charge in [-0.15, -0.1) is 0 Å². The smallest absolute Gasteiger partial charge is 0.244 e. The molecule has 1 aliphatic rings. The van der Waals surface area contributed by atoms with Gasteiger partial charge in [0.05, 0.1) is 0 Å². The largest absolute Gasteiger partial charge is 0.358 e. The molecule has 1 aliphatic heterocycles. The first-order chi connectivity index (χ1) is 8.72. The number of hydrogen-bond acceptors (Lipinski definition) is 3. The second-order valence-electron chi connectivity index (χ2n) is 4.39. The van der Waals surface area contributed by atoms with Crippen LogP contribution in [-0.2, 0) is 4.79 Å². The summed E-state index contributed by atoms with van der Waals surface area (Å²) >= 11 is 3.43. The van der Waals surface area contributed by atoms with Crippen molar-refractivity contribution in [1.29, 1.82) is 0 Å². The lowest BCUT2D eigenvalue weighted by atomic mass is 10.2. The molecule has 0 bridgehead atoms. The highest BCUT2D eigenvalue weighted by molar-refractivity contribution is 9.10. The molecule has 0 aliphatic carbocycles. The first-order valence-corrected chi connectivity index (χ1v) is 6.96. The Balaban J connectivity index is 2.25. The molecule has 5 heteroatoms. The minimum atomic E-state index is -0.140. The molecule has 98 valence electrons. The summed E-state index contributed by atoms with van der Waals surface area (Å²) in [5.74, 6) is 0.102. The third-order valence-corrected chi connectivity index (χ3v) is 3.64. The third-order valence-electron chi connectivity index (χ3n) is 3.11. The predicted octanol–water partition coefficient (Wildman–Crippen LogP) is 1.36. The van der Waals surface area contributed by atoms with Crippen molar-refractivity contribution in [3.8, 4) is 0 Å². The number of nitrogens with one attached hydrogen (secondary N) is 2. The maximum Gasteiger partial charge on any atom is 0.244 e. The number of likely N-dealkylation sites (N-methyl/N-ethyl adjacent to an activating group) is 1. The molecule has 2 N–H and O–H groups in total. The molecule has 1 heterocycles. The molecular weight excluding hydrogens is 294 g/mol. The second-order valence-corrected chi connectivity index (χ2v) is 5.30. The lowest BCUT2D eigenvalue weighted by molar-refractivity contribution is -0.121. The standard InChI is InChI=1S/C13H18BrN3O/c1-15-9-12-13(18)16-7-2-8-17(12)11-5-3-10(14)4-6-11/h3-6,12,15H,2,7-9H2,1H3,(H,16,18). The quantitative estimate of drug-likeness (QED) is 0.886. The number of anilines is 1. The van der Waals surface area contributed by atoms with Crippen molar-refractivity contribution < 1.29 is 4.79 Å². The molecule has 0 radical (unpaired) electrons. The van der Waals surface area contributed by atoms with Crippen LogP contribution in [0.3, 0.4) is 0 Å². The Kier molecular flexibility index (Phi) is 4.60. The summed E-state index contributed by atoms with van der Waals surface area (Å²) < 4.78 is 1.05. The Hall–Kier alpha value is -1.07. The van der Waals surface area contributed by atoms with Crippen molar-refractivity contribution >= 4 is 27.5 Å². The lowest BCUT2D eigenvalue weighted by Crippen LogP contribution is -2.49. The summed E-state index contributed by atoms with van der Waals surface area (Å²) in [5.41, 5.74) is 1.09. The number of halogens is 1. The number of benzene rings is 1. The Bertz CT molecular complexity index is 407. The highest BCUT2D eigenvalue weighted by Gasteiger charge is 2.27. The Labute approximate surface area is 116 Å². The van der Waals surface area contributed by atoms with Crippen LogP contribution in [0.25, 0.3) is 0 Å². The third kappa shape index (κ3) is 3.03. The zero-order chi connectivity index (χ0) is 13.0. The van der Waals surface area contributed by atoms with Crippen LogP contribution in [0.5, 0.6) is 0 Å². The van der Waals surface area contributed by atoms with Crippen LogP contribution in [0.2, 0.25) is 0 Å². The van der Waals surface area contributed by atoms with Gasteiger partial charge in [0.15, 0.2) is 0 Å². The van der Waals surface area contributed by atoms with Crippen molar-refractivity contribution in [3.05, 3.63) is 28.7 Å². The average Bonchev–Trinajstić information content (AvgIpc) is 2.54. The lowest BCUT2D eigenvalue weighted by Gasteiger charge is -2.30. The van der Waals surface area contributed by atoms with E-state index in [9.17, 15) is 4.79 Å². The van der Waals surface area contributed by atoms with Crippen LogP contribution in [0.4, 0.5) is 5.69 Å². The van der Waals surface area contributed by atoms with Gasteiger partial charge in [0, 0.05) is 29.8 Å². The van der Waals surface area contributed by atoms with Crippen molar-refractivity contribution in [2.45, 2.75) is 12.5 Å². The first kappa shape index (κ1) is 13.4. The van der Waals surface area contributed by atoms with Crippen LogP contribution in [0.15, 0.2) is 28.7 Å². The van der Waals surface area contributed by atoms with Crippen molar-refractivity contribution in [1.82, 2.24) is 10.6 Å². The fourth-order valence-corrected chi connectivity index (χ4v) is 2.48. The molecule has 0 saturated carbocycles. The van der Waals surface area contributed by atoms with Gasteiger partial charge in [-0.2, -0.15) is 0 Å². The minimum absolute atomic E-state index is 0.102. The normalized spacial score (nSPS) is 20.4. The maximum absolute atomic E-state index is 12.1. The highest BCUT2D eigenvalue weighted by Crippen LogP contribution is 2.21. The van der Waals surface area contributed by atoms with Crippen molar-refractivity contribution in [2.75, 3.05) is 31.6 Å². The minimum Gasteiger partial charge on any atom is -0.358 e. The summed E-state index contributed by atoms with van der Waals surface area (Å²) in [6.07, 6.45) is 0.974. The number of amides is 1. The van der Waals surface area contributed by atoms with Gasteiger partial charge in [-0.1, -0.05) is 15.9 Å². The maximum atomic E-state index is 12.1. The van der Waals surface area contributed by atoms with Crippen LogP contribution in [0, 0.1) is 0 Å². The molecule has 4 nitrogen and oxygen atoms in total. The van der Waals surface area contributed by atoms with E-state index in [2.05, 4.69) is 31.5 Å². The van der Waals surface area contributed by atoms with E-state index in [4.69, 9.17) is 0 Å². The Morgan fingerprint density at radius 1 is 1.44 bits per heavy atom. The molecule has 0 spiro atoms. The summed E-state index contributed by atoms with van der Waals surface area (Å²) in [6, 6.07) is 7.97. The predicted molar refractivity (Wildman–Crippen MR) is 76.8 cm³/mol. The summed E-state index contributed by atoms with van der Waals surface area (Å²) in [6.45, 7) is 2.31. The first-order valence-electron chi connectivity index (χ1n) is 6.17. The number of hydrogen-bond donors (Lipinski definition) is 2. The monoisotopic (exact) mass is 311 g/mol. The zero-order valence-corrected chi connectivity index (χ0v) is 12.0. The van der Waals surface area contributed by atoms with Gasteiger partial charge < -0.3 is 15.5 Å². The van der Waals surface area contributed by atoms with E-state index in [0.29, 0.717) is 6.54 Å². The van der Waals surface area contributed by atoms with Gasteiger partial charge in [0.1, 0.15) is 6.04 Å². The molecule has 1 aromatic rings. The fraction of sp³-hybridized carbons (Fsp3) is 0.462. The van der Waals surface area contributed by atoms with Crippen LogP contribution >= 0.6 is 15.9 Å². The van der Waals surface area contributed by atoms with E-state index < -0.39 is 0 Å². The van der Waals surface area contributed by atoms with E-state index >= 15 is 0 Å². The summed E-state index contributed by atoms with van der Waals surface area (Å²) in [5, 5.41) is 6.06. The highest BCUT2D eigenvalue weighted by atomic mass is 79.9. The van der Waals surface area contributed by atoms with E-state index in [1.807, 2.05) is 31.3 Å². The SMILES string of the molecule is CNCC1C(=O)NCCCN1c1ccc(Br)cc1. The molecule has 1 atom stereocenters. The van der Waals surface area contributed by atoms with Crippen molar-refractivity contribution in [2.24, 2.45) is 0 Å². The molecule has 1 amide bonds. The fourth-order valence-electron chi connectivity index (χ4n) is 2.21. The van der Waals surface area contributed by atoms with E-state index in [1.54, 1.807) is 0 Å². The molecule has 0 aromatic heterocycles. The summed E-state index contributed by atoms with van der Waals surface area (Å²) in [7, 11) is 1.87. The van der Waals surface area contributed by atoms with Gasteiger partial charge in [0.2, 0.25) is 5.91 Å². The molecular formula is C13H18BrN3O. The van der Waals surface area contributed by atoms with Crippen LogP contribution < -0.4 is 15.5 Å². The number of nitrogens with zero attached hydrogens (tertiary/aromatic N) is 1. The van der Waals surface area contributed by atoms with Crippen LogP contribution in [0.1, 0.15) is 6.42 Å². The zero-order valence-electron chi connectivity index (χ0n) is 10.4. The van der Waals surface area contributed by atoms with Gasteiger partial charge in [0.25, 0.3) is 0 Å². The van der Waals surface area contributed by atoms with E-state index in [-0.39, 0.29) is 11.9 Å². The molecule has 1 aromatic carbocycles. The Morgan fingerprint density at radius 3 is 2.83 bits per heavy atom. The van der Waals surface area contributed by atoms with E-state index in [0.717, 1.165) is 29.7 Å². The number of rotatable bonds is 3. The van der Waals surface area contributed by atoms with Gasteiger partial charge in [-0.3, -0.25) is 4.79 Å². The molecule has 18 heavy (non-hydrogen) atoms. The topological polar surface area (TPSA) is 44.4 Å². The molecule has 1 unspecified atom stereocenters. The van der Waals surface area contributed by atoms with Gasteiger partial charge >= 0.3 is 0 Å².